The summed E-state index contributed by atoms with van der Waals surface area (Å²) in [7, 11) is 0. The molecule has 0 spiro atoms. The molecule has 0 aromatic heterocycles. The first-order valence-corrected chi connectivity index (χ1v) is 0. The predicted molar refractivity (Wildman–Crippen MR) is 5.75 cm³/mol. The van der Waals surface area contributed by atoms with Gasteiger partial charge >= 0.3 is 0 Å². The predicted octanol–water partition coefficient (Wildman–Crippen LogP) is -0.386. The molecule has 0 heterocycles. The van der Waals surface area contributed by atoms with Crippen molar-refractivity contribution in [3.8, 4) is 0 Å². The van der Waals surface area contributed by atoms with Crippen molar-refractivity contribution in [3.05, 3.63) is 0 Å². The van der Waals surface area contributed by atoms with Crippen LogP contribution < -0.4 is 0 Å². The van der Waals surface area contributed by atoms with Crippen LogP contribution in [0.5, 0.6) is 0 Å². The SMILES string of the molecule is [B].[Co].[Fe].[Nd]. The fourth-order valence-electron chi connectivity index (χ4n) is 0. The van der Waals surface area contributed by atoms with E-state index in [2.05, 4.69) is 0 Å². The van der Waals surface area contributed by atoms with Gasteiger partial charge in [-0.05, 0) is 0 Å². The van der Waals surface area contributed by atoms with Crippen molar-refractivity contribution in [2.24, 2.45) is 0 Å². The van der Waals surface area contributed by atoms with Gasteiger partial charge in [0, 0.05) is 83.1 Å². The number of hydrogen-bond acceptors (Lipinski definition) is 0. The first kappa shape index (κ1) is 32.0. The van der Waals surface area contributed by atoms with Crippen molar-refractivity contribution in [1.82, 2.24) is 0 Å². The smallest absolute Gasteiger partial charge is 0 e. The van der Waals surface area contributed by atoms with Gasteiger partial charge in [0.2, 0.25) is 0 Å². The van der Waals surface area contributed by atoms with Gasteiger partial charge in [-0.15, -0.1) is 0 Å². The Kier molecular flexibility index (Phi) is 144. The summed E-state index contributed by atoms with van der Waals surface area (Å²) in [5, 5.41) is 0. The van der Waals surface area contributed by atoms with E-state index in [1.54, 1.807) is 0 Å². The van der Waals surface area contributed by atoms with Crippen molar-refractivity contribution >= 4 is 8.41 Å². The molecular formula is BCoFeNd. The molecule has 0 aromatic rings. The minimum atomic E-state index is 0. The molecule has 4 heavy (non-hydrogen) atoms. The Morgan fingerprint density at radius 1 is 1.00 bits per heavy atom. The van der Waals surface area contributed by atoms with Crippen LogP contribution in [0.25, 0.3) is 0 Å². The second-order valence-corrected chi connectivity index (χ2v) is 0. The maximum atomic E-state index is 0. The Morgan fingerprint density at radius 3 is 1.00 bits per heavy atom. The van der Waals surface area contributed by atoms with Crippen LogP contribution in [0.4, 0.5) is 0 Å². The molecule has 0 aliphatic carbocycles. The van der Waals surface area contributed by atoms with E-state index in [4.69, 9.17) is 0 Å². The summed E-state index contributed by atoms with van der Waals surface area (Å²) < 4.78 is 0. The van der Waals surface area contributed by atoms with Crippen LogP contribution in [-0.2, 0) is 33.8 Å². The molecule has 0 aliphatic heterocycles. The molecule has 0 amide bonds. The fourth-order valence-corrected chi connectivity index (χ4v) is 0. The Morgan fingerprint density at radius 2 is 1.00 bits per heavy atom. The van der Waals surface area contributed by atoms with Gasteiger partial charge in [-0.2, -0.15) is 0 Å². The average Bonchev–Trinajstić information content (AvgIpc) is 0. The van der Waals surface area contributed by atoms with Gasteiger partial charge in [0.1, 0.15) is 0 Å². The summed E-state index contributed by atoms with van der Waals surface area (Å²) in [5.74, 6) is 0. The summed E-state index contributed by atoms with van der Waals surface area (Å²) in [6, 6.07) is 0. The summed E-state index contributed by atoms with van der Waals surface area (Å²) >= 11 is 0. The fraction of sp³-hybridized carbons (Fsp3) is 0. The van der Waals surface area contributed by atoms with E-state index in [0.717, 1.165) is 0 Å². The van der Waals surface area contributed by atoms with Gasteiger partial charge in [0.15, 0.2) is 0 Å². The molecule has 0 aliphatic rings. The Balaban J connectivity index is 0. The first-order valence-electron chi connectivity index (χ1n) is 0. The van der Waals surface area contributed by atoms with E-state index in [1.165, 1.54) is 0 Å². The molecule has 0 bridgehead atoms. The molecule has 0 atom stereocenters. The maximum absolute atomic E-state index is 0. The summed E-state index contributed by atoms with van der Waals surface area (Å²) in [6.45, 7) is 0. The van der Waals surface area contributed by atoms with Crippen LogP contribution in [0.2, 0.25) is 0 Å². The van der Waals surface area contributed by atoms with Gasteiger partial charge in [-0.25, -0.2) is 0 Å². The van der Waals surface area contributed by atoms with E-state index in [1.807, 2.05) is 0 Å². The normalized spacial score (nSPS) is 0. The minimum absolute atomic E-state index is 0. The molecule has 0 saturated heterocycles. The first-order chi connectivity index (χ1) is 0. The maximum Gasteiger partial charge on any atom is 0 e. The van der Waals surface area contributed by atoms with Gasteiger partial charge in [0.05, 0.1) is 0 Å². The zero-order chi connectivity index (χ0) is 0. The van der Waals surface area contributed by atoms with Crippen molar-refractivity contribution in [3.63, 3.8) is 0 Å². The van der Waals surface area contributed by atoms with Crippen LogP contribution >= 0.6 is 0 Å². The van der Waals surface area contributed by atoms with Crippen LogP contribution in [-0.4, -0.2) is 8.41 Å². The summed E-state index contributed by atoms with van der Waals surface area (Å²) in [6.07, 6.45) is 0. The third-order valence-electron chi connectivity index (χ3n) is 0. The van der Waals surface area contributed by atoms with Crippen LogP contribution in [0.15, 0.2) is 0 Å². The van der Waals surface area contributed by atoms with Crippen molar-refractivity contribution < 1.29 is 74.7 Å². The monoisotopic (exact) mass is 268 g/mol. The van der Waals surface area contributed by atoms with E-state index in [-0.39, 0.29) is 83.1 Å². The molecule has 0 saturated carbocycles. The van der Waals surface area contributed by atoms with Crippen molar-refractivity contribution in [2.45, 2.75) is 0 Å². The standard InChI is InChI=1S/B.Co.Fe.Nd. The third kappa shape index (κ3) is 8.82. The molecular weight excluding hydrogens is 270 g/mol. The molecule has 4 radical (unpaired) electrons. The van der Waals surface area contributed by atoms with Crippen LogP contribution in [0.1, 0.15) is 0 Å². The molecule has 0 aromatic carbocycles. The van der Waals surface area contributed by atoms with Crippen LogP contribution in [0, 0.1) is 40.8 Å². The van der Waals surface area contributed by atoms with Crippen LogP contribution in [0.3, 0.4) is 0 Å². The van der Waals surface area contributed by atoms with Gasteiger partial charge < -0.3 is 0 Å². The Bertz CT molecular complexity index is 8.00. The zero-order valence-electron chi connectivity index (χ0n) is 1.76. The second-order valence-electron chi connectivity index (χ2n) is 0. The van der Waals surface area contributed by atoms with Crippen molar-refractivity contribution in [2.75, 3.05) is 0 Å². The third-order valence-corrected chi connectivity index (χ3v) is 0. The second kappa shape index (κ2) is 18.0. The van der Waals surface area contributed by atoms with E-state index >= 15 is 0 Å². The topological polar surface area (TPSA) is 0 Å². The van der Waals surface area contributed by atoms with E-state index in [9.17, 15) is 0 Å². The average molecular weight is 270 g/mol. The van der Waals surface area contributed by atoms with E-state index < -0.39 is 0 Å². The van der Waals surface area contributed by atoms with Gasteiger partial charge in [-0.1, -0.05) is 0 Å². The van der Waals surface area contributed by atoms with Crippen molar-refractivity contribution in [1.29, 1.82) is 0 Å². The van der Waals surface area contributed by atoms with E-state index in [0.29, 0.717) is 0 Å². The molecule has 0 nitrogen and oxygen atoms in total. The largest absolute Gasteiger partial charge is 0 e. The zero-order valence-corrected chi connectivity index (χ0v) is 7.12. The molecule has 4 heteroatoms. The Hall–Kier alpha value is 2.44. The number of hydrogen-bond donors (Lipinski definition) is 0. The summed E-state index contributed by atoms with van der Waals surface area (Å²) in [5.41, 5.74) is 0. The molecule has 0 N–H and O–H groups in total. The summed E-state index contributed by atoms with van der Waals surface area (Å²) in [4.78, 5) is 0. The quantitative estimate of drug-likeness (QED) is 0.526. The molecule has 24 valence electrons. The van der Waals surface area contributed by atoms with Gasteiger partial charge in [0.25, 0.3) is 0 Å². The Labute approximate surface area is 81.6 Å². The molecule has 0 rings (SSSR count). The van der Waals surface area contributed by atoms with Gasteiger partial charge in [-0.3, -0.25) is 0 Å². The number of rotatable bonds is 0. The molecule has 0 fully saturated rings. The molecule has 0 unspecified atom stereocenters. The minimum Gasteiger partial charge on any atom is 0 e.